The molecule has 0 fully saturated rings. The Bertz CT molecular complexity index is 970. The van der Waals surface area contributed by atoms with Crippen molar-refractivity contribution in [2.24, 2.45) is 4.99 Å². The number of aliphatic imine (C=N–C) groups is 1. The third-order valence-electron chi connectivity index (χ3n) is 4.98. The van der Waals surface area contributed by atoms with E-state index in [1.807, 2.05) is 38.1 Å². The van der Waals surface area contributed by atoms with Gasteiger partial charge in [0.2, 0.25) is 5.78 Å². The van der Waals surface area contributed by atoms with Crippen LogP contribution >= 0.6 is 0 Å². The molecule has 4 rings (SSSR count). The number of nitrogens with zero attached hydrogens (tertiary/aromatic N) is 1. The van der Waals surface area contributed by atoms with Crippen molar-refractivity contribution in [3.8, 4) is 5.75 Å². The minimum absolute atomic E-state index is 0.0361. The molecule has 0 saturated heterocycles. The van der Waals surface area contributed by atoms with Crippen molar-refractivity contribution in [1.29, 1.82) is 0 Å². The highest BCUT2D eigenvalue weighted by molar-refractivity contribution is 6.54. The van der Waals surface area contributed by atoms with Gasteiger partial charge in [0.15, 0.2) is 0 Å². The summed E-state index contributed by atoms with van der Waals surface area (Å²) in [6, 6.07) is 14.9. The zero-order chi connectivity index (χ0) is 19.7. The Hall–Kier alpha value is -2.92. The summed E-state index contributed by atoms with van der Waals surface area (Å²) >= 11 is 0. The van der Waals surface area contributed by atoms with Crippen LogP contribution in [0.1, 0.15) is 37.8 Å². The molecule has 1 aliphatic carbocycles. The maximum atomic E-state index is 13.2. The Labute approximate surface area is 164 Å². The molecule has 1 heterocycles. The molecule has 0 saturated carbocycles. The van der Waals surface area contributed by atoms with Crippen LogP contribution < -0.4 is 4.74 Å². The monoisotopic (exact) mass is 377 g/mol. The van der Waals surface area contributed by atoms with Gasteiger partial charge in [-0.05, 0) is 51.0 Å². The smallest absolute Gasteiger partial charge is 0.211 e. The van der Waals surface area contributed by atoms with Crippen LogP contribution in [-0.4, -0.2) is 35.4 Å². The first-order valence-corrected chi connectivity index (χ1v) is 9.47. The fraction of sp³-hybridized carbons (Fsp3) is 0.304. The average molecular weight is 377 g/mol. The maximum absolute atomic E-state index is 13.2. The molecule has 1 aliphatic heterocycles. The highest BCUT2D eigenvalue weighted by Crippen LogP contribution is 2.41. The molecular weight excluding hydrogens is 354 g/mol. The fourth-order valence-corrected chi connectivity index (χ4v) is 3.54. The molecule has 2 aromatic rings. The number of Topliss-reactive ketones (excluding diaryl/α,β-unsaturated/α-hetero) is 1. The van der Waals surface area contributed by atoms with Gasteiger partial charge in [-0.2, -0.15) is 0 Å². The van der Waals surface area contributed by atoms with Crippen LogP contribution in [0.3, 0.4) is 0 Å². The second kappa shape index (κ2) is 7.24. The molecule has 2 aliphatic rings. The van der Waals surface area contributed by atoms with Gasteiger partial charge in [-0.25, -0.2) is 4.99 Å². The lowest BCUT2D eigenvalue weighted by atomic mass is 9.82. The van der Waals surface area contributed by atoms with Crippen molar-refractivity contribution in [3.05, 3.63) is 65.2 Å². The second-order valence-corrected chi connectivity index (χ2v) is 7.57. The van der Waals surface area contributed by atoms with Gasteiger partial charge in [-0.3, -0.25) is 4.79 Å². The van der Waals surface area contributed by atoms with Gasteiger partial charge in [0, 0.05) is 16.7 Å². The summed E-state index contributed by atoms with van der Waals surface area (Å²) in [7, 11) is 0. The number of carbonyl (C=O) groups excluding carboxylic acids is 1. The summed E-state index contributed by atoms with van der Waals surface area (Å²) < 4.78 is 11.6. The number of hydrogen-bond acceptors (Lipinski definition) is 5. The second-order valence-electron chi connectivity index (χ2n) is 7.57. The molecule has 0 spiro atoms. The van der Waals surface area contributed by atoms with E-state index in [-0.39, 0.29) is 24.6 Å². The minimum atomic E-state index is -0.286. The van der Waals surface area contributed by atoms with E-state index in [1.165, 1.54) is 0 Å². The van der Waals surface area contributed by atoms with E-state index in [4.69, 9.17) is 14.6 Å². The highest BCUT2D eigenvalue weighted by Gasteiger charge is 2.38. The quantitative estimate of drug-likeness (QED) is 0.872. The van der Waals surface area contributed by atoms with Gasteiger partial charge in [0.05, 0.1) is 12.3 Å². The molecule has 144 valence electrons. The van der Waals surface area contributed by atoms with Crippen LogP contribution in [0.15, 0.2) is 59.1 Å². The first-order valence-electron chi connectivity index (χ1n) is 9.47. The Balaban J connectivity index is 1.74. The molecule has 0 radical (unpaired) electrons. The lowest BCUT2D eigenvalue weighted by Gasteiger charge is -2.36. The normalized spacial score (nSPS) is 19.1. The highest BCUT2D eigenvalue weighted by atomic mass is 16.5. The van der Waals surface area contributed by atoms with Gasteiger partial charge in [0.1, 0.15) is 29.4 Å². The maximum Gasteiger partial charge on any atom is 0.211 e. The molecule has 28 heavy (non-hydrogen) atoms. The Morgan fingerprint density at radius 2 is 1.82 bits per heavy atom. The number of rotatable bonds is 4. The van der Waals surface area contributed by atoms with Crippen molar-refractivity contribution >= 4 is 22.9 Å². The Kier molecular flexibility index (Phi) is 4.77. The van der Waals surface area contributed by atoms with E-state index in [2.05, 4.69) is 4.99 Å². The SMILES string of the molecule is CC1(C)CCC2=C(O1)c1ccccc1C(=Nc1ccc(OCCO)cc1)C2=O. The molecule has 5 nitrogen and oxygen atoms in total. The van der Waals surface area contributed by atoms with Crippen molar-refractivity contribution in [2.75, 3.05) is 13.2 Å². The van der Waals surface area contributed by atoms with Crippen LogP contribution in [0.25, 0.3) is 5.76 Å². The average Bonchev–Trinajstić information content (AvgIpc) is 2.70. The van der Waals surface area contributed by atoms with E-state index in [0.29, 0.717) is 34.9 Å². The topological polar surface area (TPSA) is 68.1 Å². The van der Waals surface area contributed by atoms with Crippen LogP contribution in [0, 0.1) is 0 Å². The van der Waals surface area contributed by atoms with Crippen LogP contribution in [0.5, 0.6) is 5.75 Å². The fourth-order valence-electron chi connectivity index (χ4n) is 3.54. The van der Waals surface area contributed by atoms with Gasteiger partial charge < -0.3 is 14.6 Å². The zero-order valence-corrected chi connectivity index (χ0v) is 16.1. The van der Waals surface area contributed by atoms with Gasteiger partial charge >= 0.3 is 0 Å². The molecule has 2 aromatic carbocycles. The van der Waals surface area contributed by atoms with E-state index in [1.54, 1.807) is 24.3 Å². The molecule has 0 amide bonds. The number of hydrogen-bond donors (Lipinski definition) is 1. The van der Waals surface area contributed by atoms with Gasteiger partial charge in [0.25, 0.3) is 0 Å². The molecular formula is C23H23NO4. The van der Waals surface area contributed by atoms with Crippen molar-refractivity contribution in [3.63, 3.8) is 0 Å². The molecule has 0 unspecified atom stereocenters. The lowest BCUT2D eigenvalue weighted by molar-refractivity contribution is -0.110. The summed E-state index contributed by atoms with van der Waals surface area (Å²) in [6.45, 7) is 4.31. The predicted octanol–water partition coefficient (Wildman–Crippen LogP) is 4.06. The minimum Gasteiger partial charge on any atom is -0.491 e. The zero-order valence-electron chi connectivity index (χ0n) is 16.1. The molecule has 5 heteroatoms. The van der Waals surface area contributed by atoms with Crippen molar-refractivity contribution in [2.45, 2.75) is 32.3 Å². The van der Waals surface area contributed by atoms with Crippen LogP contribution in [0.4, 0.5) is 5.69 Å². The number of ether oxygens (including phenoxy) is 2. The summed E-state index contributed by atoms with van der Waals surface area (Å²) in [5, 5.41) is 8.85. The van der Waals surface area contributed by atoms with Gasteiger partial charge in [-0.1, -0.05) is 24.3 Å². The van der Waals surface area contributed by atoms with Gasteiger partial charge in [-0.15, -0.1) is 0 Å². The largest absolute Gasteiger partial charge is 0.491 e. The number of allylic oxidation sites excluding steroid dienone is 1. The Morgan fingerprint density at radius 3 is 2.54 bits per heavy atom. The van der Waals surface area contributed by atoms with E-state index in [9.17, 15) is 4.79 Å². The van der Waals surface area contributed by atoms with Crippen LogP contribution in [0.2, 0.25) is 0 Å². The molecule has 1 N–H and O–H groups in total. The standard InChI is InChI=1S/C23H23NO4/c1-23(2)12-11-19-21(26)20(17-5-3-4-6-18(17)22(19)28-23)24-15-7-9-16(10-8-15)27-14-13-25/h3-10,25H,11-14H2,1-2H3. The number of carbonyl (C=O) groups is 1. The third kappa shape index (κ3) is 3.45. The summed E-state index contributed by atoms with van der Waals surface area (Å²) in [5.41, 5.74) is 3.26. The van der Waals surface area contributed by atoms with Crippen molar-refractivity contribution < 1.29 is 19.4 Å². The third-order valence-corrected chi connectivity index (χ3v) is 4.98. The summed E-state index contributed by atoms with van der Waals surface area (Å²) in [4.78, 5) is 17.9. The molecule has 0 aromatic heterocycles. The first kappa shape index (κ1) is 18.4. The number of benzene rings is 2. The summed E-state index contributed by atoms with van der Waals surface area (Å²) in [6.07, 6.45) is 1.48. The molecule has 0 bridgehead atoms. The van der Waals surface area contributed by atoms with E-state index in [0.717, 1.165) is 17.5 Å². The van der Waals surface area contributed by atoms with Crippen LogP contribution in [-0.2, 0) is 9.53 Å². The van der Waals surface area contributed by atoms with E-state index < -0.39 is 0 Å². The first-order chi connectivity index (χ1) is 13.5. The number of aliphatic hydroxyl groups excluding tert-OH is 1. The summed E-state index contributed by atoms with van der Waals surface area (Å²) in [5.74, 6) is 1.29. The molecule has 0 atom stereocenters. The van der Waals surface area contributed by atoms with Crippen molar-refractivity contribution in [1.82, 2.24) is 0 Å². The van der Waals surface area contributed by atoms with E-state index >= 15 is 0 Å². The lowest BCUT2D eigenvalue weighted by Crippen LogP contribution is -2.34. The Morgan fingerprint density at radius 1 is 1.11 bits per heavy atom. The number of ketones is 1. The predicted molar refractivity (Wildman–Crippen MR) is 108 cm³/mol. The number of aliphatic hydroxyl groups is 1. The number of fused-ring (bicyclic) bond motifs is 2.